The number of aromatic nitrogens is 5. The van der Waals surface area contributed by atoms with Crippen molar-refractivity contribution in [1.82, 2.24) is 29.0 Å². The number of carbonyl (C=O) groups excluding carboxylic acids is 2. The summed E-state index contributed by atoms with van der Waals surface area (Å²) in [5, 5.41) is 0. The maximum atomic E-state index is 13.7. The molecule has 0 atom stereocenters. The second kappa shape index (κ2) is 10.8. The number of likely N-dealkylation sites (tertiary alicyclic amines) is 1. The molecule has 1 N–H and O–H groups in total. The highest BCUT2D eigenvalue weighted by Gasteiger charge is 2.34. The normalized spacial score (nSPS) is 16.7. The first-order valence-corrected chi connectivity index (χ1v) is 14.9. The van der Waals surface area contributed by atoms with E-state index < -0.39 is 0 Å². The van der Waals surface area contributed by atoms with E-state index >= 15 is 0 Å². The monoisotopic (exact) mass is 583 g/mol. The van der Waals surface area contributed by atoms with Crippen LogP contribution in [0.15, 0.2) is 52.2 Å². The summed E-state index contributed by atoms with van der Waals surface area (Å²) in [6.45, 7) is 1.68. The average molecular weight is 584 g/mol. The number of H-pyrrole nitrogens is 1. The molecular formula is C31H33N7O5. The molecule has 222 valence electrons. The second-order valence-electron chi connectivity index (χ2n) is 11.5. The van der Waals surface area contributed by atoms with E-state index in [9.17, 15) is 19.2 Å². The van der Waals surface area contributed by atoms with Crippen LogP contribution in [0.4, 0.5) is 5.82 Å². The zero-order valence-corrected chi connectivity index (χ0v) is 24.0. The Labute approximate surface area is 246 Å². The molecule has 43 heavy (non-hydrogen) atoms. The van der Waals surface area contributed by atoms with Gasteiger partial charge in [-0.2, -0.15) is 0 Å². The molecule has 2 saturated carbocycles. The lowest BCUT2D eigenvalue weighted by Gasteiger charge is -2.24. The Morgan fingerprint density at radius 2 is 1.86 bits per heavy atom. The van der Waals surface area contributed by atoms with Gasteiger partial charge in [0.15, 0.2) is 5.65 Å². The summed E-state index contributed by atoms with van der Waals surface area (Å²) < 4.78 is 8.36. The van der Waals surface area contributed by atoms with Crippen molar-refractivity contribution in [3.63, 3.8) is 0 Å². The largest absolute Gasteiger partial charge is 0.497 e. The van der Waals surface area contributed by atoms with Crippen LogP contribution in [0.5, 0.6) is 5.75 Å². The van der Waals surface area contributed by atoms with Crippen LogP contribution in [-0.4, -0.2) is 67.5 Å². The topological polar surface area (TPSA) is 135 Å². The van der Waals surface area contributed by atoms with E-state index in [1.54, 1.807) is 59.2 Å². The lowest BCUT2D eigenvalue weighted by Crippen LogP contribution is -2.39. The molecule has 3 aliphatic rings. The van der Waals surface area contributed by atoms with Gasteiger partial charge < -0.3 is 14.6 Å². The molecule has 0 radical (unpaired) electrons. The smallest absolute Gasteiger partial charge is 0.333 e. The Morgan fingerprint density at radius 1 is 1.07 bits per heavy atom. The van der Waals surface area contributed by atoms with Crippen molar-refractivity contribution >= 4 is 28.8 Å². The number of imidazole rings is 1. The third kappa shape index (κ3) is 5.10. The van der Waals surface area contributed by atoms with E-state index in [4.69, 9.17) is 4.74 Å². The van der Waals surface area contributed by atoms with E-state index in [0.717, 1.165) is 38.6 Å². The van der Waals surface area contributed by atoms with Crippen LogP contribution >= 0.6 is 0 Å². The van der Waals surface area contributed by atoms with Gasteiger partial charge >= 0.3 is 5.69 Å². The fraction of sp³-hybridized carbons (Fsp3) is 0.419. The third-order valence-corrected chi connectivity index (χ3v) is 8.42. The number of methoxy groups -OCH3 is 1. The molecule has 0 spiro atoms. The summed E-state index contributed by atoms with van der Waals surface area (Å²) in [6, 6.07) is 10.5. The van der Waals surface area contributed by atoms with Gasteiger partial charge in [-0.3, -0.25) is 28.4 Å². The molecule has 7 rings (SSSR count). The van der Waals surface area contributed by atoms with Crippen LogP contribution in [0.2, 0.25) is 0 Å². The van der Waals surface area contributed by atoms with E-state index in [0.29, 0.717) is 65.6 Å². The molecule has 1 saturated heterocycles. The van der Waals surface area contributed by atoms with Gasteiger partial charge in [0.05, 0.1) is 7.11 Å². The molecule has 2 aliphatic carbocycles. The molecule has 3 fully saturated rings. The number of hydrogen-bond donors (Lipinski definition) is 1. The number of hydrogen-bond acceptors (Lipinski definition) is 7. The van der Waals surface area contributed by atoms with Crippen LogP contribution in [0, 0.1) is 0 Å². The predicted octanol–water partition coefficient (Wildman–Crippen LogP) is 3.29. The summed E-state index contributed by atoms with van der Waals surface area (Å²) in [7, 11) is 1.55. The third-order valence-electron chi connectivity index (χ3n) is 8.42. The molecule has 0 bridgehead atoms. The van der Waals surface area contributed by atoms with Crippen molar-refractivity contribution in [3.8, 4) is 17.1 Å². The Balaban J connectivity index is 1.20. The number of anilines is 1. The number of nitrogens with zero attached hydrogens (tertiary/aromatic N) is 6. The van der Waals surface area contributed by atoms with E-state index in [-0.39, 0.29) is 35.1 Å². The summed E-state index contributed by atoms with van der Waals surface area (Å²) >= 11 is 0. The SMILES string of the molecule is COc1cccc(C(=O)N(CCCN2CCCC2=O)c2ccc(-c3nc4c([nH]3)c(=O)n(C3CC3)c(=O)n4C3CC3)cn2)c1. The van der Waals surface area contributed by atoms with Gasteiger partial charge in [0.2, 0.25) is 5.91 Å². The number of benzene rings is 1. The highest BCUT2D eigenvalue weighted by Crippen LogP contribution is 2.37. The fourth-order valence-electron chi connectivity index (χ4n) is 5.83. The van der Waals surface area contributed by atoms with Gasteiger partial charge in [0.25, 0.3) is 11.5 Å². The van der Waals surface area contributed by atoms with Crippen LogP contribution in [0.25, 0.3) is 22.6 Å². The van der Waals surface area contributed by atoms with Gasteiger partial charge in [-0.05, 0) is 68.9 Å². The number of fused-ring (bicyclic) bond motifs is 1. The molecular weight excluding hydrogens is 550 g/mol. The van der Waals surface area contributed by atoms with Gasteiger partial charge in [0, 0.05) is 55.5 Å². The summed E-state index contributed by atoms with van der Waals surface area (Å²) in [6.07, 6.45) is 7.08. The Kier molecular flexibility index (Phi) is 6.83. The van der Waals surface area contributed by atoms with Crippen molar-refractivity contribution in [2.75, 3.05) is 31.6 Å². The Hall–Kier alpha value is -4.74. The summed E-state index contributed by atoms with van der Waals surface area (Å²) in [4.78, 5) is 68.2. The van der Waals surface area contributed by atoms with E-state index in [1.165, 1.54) is 4.57 Å². The maximum Gasteiger partial charge on any atom is 0.333 e. The standard InChI is InChI=1S/C31H33N7O5/c1-43-23-6-2-5-19(17-23)29(40)36(16-4-15-35-14-3-7-25(35)39)24-13-8-20(18-32-24)27-33-26-28(34-27)37(21-9-10-21)31(42)38(30(26)41)22-11-12-22/h2,5-6,8,13,17-18,21-22H,3-4,7,9-12,14-16H2,1H3,(H,33,34). The minimum Gasteiger partial charge on any atom is -0.497 e. The number of aromatic amines is 1. The summed E-state index contributed by atoms with van der Waals surface area (Å²) in [5.41, 5.74) is 1.17. The maximum absolute atomic E-state index is 13.7. The second-order valence-corrected chi connectivity index (χ2v) is 11.5. The first-order chi connectivity index (χ1) is 20.9. The van der Waals surface area contributed by atoms with Crippen LogP contribution in [0.1, 0.15) is 67.4 Å². The van der Waals surface area contributed by atoms with Gasteiger partial charge in [-0.15, -0.1) is 0 Å². The Morgan fingerprint density at radius 3 is 2.53 bits per heavy atom. The first kappa shape index (κ1) is 27.1. The lowest BCUT2D eigenvalue weighted by atomic mass is 10.1. The van der Waals surface area contributed by atoms with Gasteiger partial charge in [-0.1, -0.05) is 6.07 Å². The fourth-order valence-corrected chi connectivity index (χ4v) is 5.83. The van der Waals surface area contributed by atoms with Crippen molar-refractivity contribution in [2.45, 2.75) is 57.0 Å². The number of nitrogens with one attached hydrogen (secondary N) is 1. The molecule has 4 aromatic rings. The number of pyridine rings is 1. The number of rotatable bonds is 10. The van der Waals surface area contributed by atoms with Crippen molar-refractivity contribution < 1.29 is 14.3 Å². The average Bonchev–Trinajstić information content (AvgIpc) is 3.95. The van der Waals surface area contributed by atoms with Crippen LogP contribution in [0.3, 0.4) is 0 Å². The first-order valence-electron chi connectivity index (χ1n) is 14.9. The molecule has 3 aromatic heterocycles. The summed E-state index contributed by atoms with van der Waals surface area (Å²) in [5.74, 6) is 1.38. The van der Waals surface area contributed by atoms with Gasteiger partial charge in [0.1, 0.15) is 22.9 Å². The number of ether oxygens (including phenoxy) is 1. The molecule has 2 amide bonds. The molecule has 12 heteroatoms. The molecule has 1 aromatic carbocycles. The van der Waals surface area contributed by atoms with Crippen molar-refractivity contribution in [3.05, 3.63) is 69.0 Å². The molecule has 1 aliphatic heterocycles. The predicted molar refractivity (Wildman–Crippen MR) is 159 cm³/mol. The molecule has 4 heterocycles. The van der Waals surface area contributed by atoms with E-state index in [2.05, 4.69) is 15.0 Å². The number of carbonyl (C=O) groups is 2. The van der Waals surface area contributed by atoms with Crippen LogP contribution in [-0.2, 0) is 4.79 Å². The van der Waals surface area contributed by atoms with E-state index in [1.807, 2.05) is 4.90 Å². The zero-order chi connectivity index (χ0) is 29.7. The van der Waals surface area contributed by atoms with Crippen LogP contribution < -0.4 is 20.9 Å². The molecule has 0 unspecified atom stereocenters. The molecule has 12 nitrogen and oxygen atoms in total. The lowest BCUT2D eigenvalue weighted by molar-refractivity contribution is -0.127. The quantitative estimate of drug-likeness (QED) is 0.303. The Bertz CT molecular complexity index is 1830. The minimum atomic E-state index is -0.339. The number of amides is 2. The van der Waals surface area contributed by atoms with Crippen molar-refractivity contribution in [1.29, 1.82) is 0 Å². The zero-order valence-electron chi connectivity index (χ0n) is 24.0. The minimum absolute atomic E-state index is 0.0428. The van der Waals surface area contributed by atoms with Crippen molar-refractivity contribution in [2.24, 2.45) is 0 Å². The van der Waals surface area contributed by atoms with Gasteiger partial charge in [-0.25, -0.2) is 14.8 Å². The highest BCUT2D eigenvalue weighted by molar-refractivity contribution is 6.05. The highest BCUT2D eigenvalue weighted by atomic mass is 16.5.